The second kappa shape index (κ2) is 8.63. The first-order valence-corrected chi connectivity index (χ1v) is 11.7. The summed E-state index contributed by atoms with van der Waals surface area (Å²) in [6.45, 7) is 2.44. The summed E-state index contributed by atoms with van der Waals surface area (Å²) in [6.07, 6.45) is 7.76. The van der Waals surface area contributed by atoms with E-state index in [9.17, 15) is 14.4 Å². The summed E-state index contributed by atoms with van der Waals surface area (Å²) in [5.41, 5.74) is 2.56. The van der Waals surface area contributed by atoms with Crippen LogP contribution in [0.1, 0.15) is 63.5 Å². The number of carbonyl (C=O) groups is 3. The zero-order chi connectivity index (χ0) is 21.3. The minimum absolute atomic E-state index is 0.0463. The molecule has 2 aliphatic carbocycles. The van der Waals surface area contributed by atoms with Crippen LogP contribution in [0.5, 0.6) is 0 Å². The highest BCUT2D eigenvalue weighted by Crippen LogP contribution is 2.55. The van der Waals surface area contributed by atoms with Crippen molar-refractivity contribution in [2.75, 3.05) is 11.9 Å². The molecule has 4 rings (SSSR count). The molecule has 0 bridgehead atoms. The van der Waals surface area contributed by atoms with Gasteiger partial charge in [-0.2, -0.15) is 0 Å². The molecule has 164 valence electrons. The molecule has 3 aliphatic rings. The minimum atomic E-state index is -0.550. The van der Waals surface area contributed by atoms with E-state index in [0.29, 0.717) is 30.4 Å². The molecule has 0 radical (unpaired) electrons. The number of nitrogens with zero attached hydrogens (tertiary/aromatic N) is 2. The van der Waals surface area contributed by atoms with Gasteiger partial charge in [-0.3, -0.25) is 19.6 Å². The van der Waals surface area contributed by atoms with Gasteiger partial charge in [0.25, 0.3) is 0 Å². The van der Waals surface area contributed by atoms with Gasteiger partial charge in [-0.15, -0.1) is 11.3 Å². The normalized spacial score (nSPS) is 23.5. The Hall–Kier alpha value is -2.00. The van der Waals surface area contributed by atoms with Gasteiger partial charge in [0.05, 0.1) is 5.69 Å². The van der Waals surface area contributed by atoms with Gasteiger partial charge >= 0.3 is 0 Å². The maximum Gasteiger partial charge on any atom is 0.248 e. The fourth-order valence-corrected chi connectivity index (χ4v) is 5.78. The summed E-state index contributed by atoms with van der Waals surface area (Å²) in [7, 11) is 0. The molecule has 30 heavy (non-hydrogen) atoms. The minimum Gasteiger partial charge on any atom is -0.330 e. The molecule has 0 unspecified atom stereocenters. The van der Waals surface area contributed by atoms with Crippen LogP contribution in [0, 0.1) is 24.2 Å². The maximum atomic E-state index is 13.5. The van der Waals surface area contributed by atoms with Crippen molar-refractivity contribution in [2.45, 2.75) is 70.8 Å². The molecule has 2 saturated carbocycles. The lowest BCUT2D eigenvalue weighted by molar-refractivity contribution is -0.144. The van der Waals surface area contributed by atoms with E-state index in [-0.39, 0.29) is 23.7 Å². The van der Waals surface area contributed by atoms with Gasteiger partial charge in [-0.05, 0) is 43.9 Å². The number of nitrogens with one attached hydrogen (secondary N) is 2. The predicted octanol–water partition coefficient (Wildman–Crippen LogP) is 2.86. The first-order valence-electron chi connectivity index (χ1n) is 10.9. The van der Waals surface area contributed by atoms with Gasteiger partial charge < -0.3 is 10.2 Å². The van der Waals surface area contributed by atoms with Crippen molar-refractivity contribution in [1.29, 1.82) is 0 Å². The molecule has 1 aromatic heterocycles. The Balaban J connectivity index is 1.50. The van der Waals surface area contributed by atoms with Crippen LogP contribution in [0.25, 0.3) is 0 Å². The molecule has 3 fully saturated rings. The highest BCUT2D eigenvalue weighted by Gasteiger charge is 2.55. The molecule has 1 aromatic rings. The number of hydrogen-bond donors (Lipinski definition) is 3. The SMILES string of the molecule is Cc1csc(NC(=O)[C@@H]2CC3(CC3)CN2C(=O)[C@@H](CC(=O)NO)CC2CCCC2)n1. The Morgan fingerprint density at radius 1 is 1.33 bits per heavy atom. The van der Waals surface area contributed by atoms with E-state index in [1.807, 2.05) is 12.3 Å². The average Bonchev–Trinajstić information content (AvgIpc) is 3.08. The fourth-order valence-electron chi connectivity index (χ4n) is 5.09. The Morgan fingerprint density at radius 2 is 2.07 bits per heavy atom. The molecule has 3 amide bonds. The van der Waals surface area contributed by atoms with Gasteiger partial charge in [0.2, 0.25) is 17.7 Å². The summed E-state index contributed by atoms with van der Waals surface area (Å²) >= 11 is 1.37. The summed E-state index contributed by atoms with van der Waals surface area (Å²) in [4.78, 5) is 44.5. The van der Waals surface area contributed by atoms with Crippen LogP contribution in [0.2, 0.25) is 0 Å². The molecule has 1 aliphatic heterocycles. The lowest BCUT2D eigenvalue weighted by atomic mass is 9.89. The summed E-state index contributed by atoms with van der Waals surface area (Å²) in [6, 6.07) is -0.535. The van der Waals surface area contributed by atoms with Crippen molar-refractivity contribution in [1.82, 2.24) is 15.4 Å². The number of aryl methyl sites for hydroxylation is 1. The Labute approximate surface area is 180 Å². The van der Waals surface area contributed by atoms with E-state index in [1.165, 1.54) is 11.3 Å². The van der Waals surface area contributed by atoms with Crippen LogP contribution in [-0.2, 0) is 14.4 Å². The zero-order valence-corrected chi connectivity index (χ0v) is 18.2. The molecule has 1 spiro atoms. The largest absolute Gasteiger partial charge is 0.330 e. The maximum absolute atomic E-state index is 13.5. The molecular weight excluding hydrogens is 404 g/mol. The van der Waals surface area contributed by atoms with Crippen molar-refractivity contribution < 1.29 is 19.6 Å². The van der Waals surface area contributed by atoms with Gasteiger partial charge in [0.15, 0.2) is 5.13 Å². The molecule has 8 nitrogen and oxygen atoms in total. The monoisotopic (exact) mass is 434 g/mol. The molecular formula is C21H30N4O4S. The van der Waals surface area contributed by atoms with E-state index in [1.54, 1.807) is 10.4 Å². The third-order valence-electron chi connectivity index (χ3n) is 6.90. The zero-order valence-electron chi connectivity index (χ0n) is 17.4. The Bertz CT molecular complexity index is 816. The Kier molecular flexibility index (Phi) is 6.11. The van der Waals surface area contributed by atoms with E-state index < -0.39 is 17.9 Å². The first kappa shape index (κ1) is 21.2. The lowest BCUT2D eigenvalue weighted by Crippen LogP contribution is -2.46. The van der Waals surface area contributed by atoms with Crippen LogP contribution in [0.3, 0.4) is 0 Å². The fraction of sp³-hybridized carbons (Fsp3) is 0.714. The first-order chi connectivity index (χ1) is 14.4. The highest BCUT2D eigenvalue weighted by atomic mass is 32.1. The lowest BCUT2D eigenvalue weighted by Gasteiger charge is -2.29. The number of aromatic nitrogens is 1. The Morgan fingerprint density at radius 3 is 2.67 bits per heavy atom. The topological polar surface area (TPSA) is 112 Å². The smallest absolute Gasteiger partial charge is 0.248 e. The number of carbonyl (C=O) groups excluding carboxylic acids is 3. The predicted molar refractivity (Wildman–Crippen MR) is 112 cm³/mol. The molecule has 0 aromatic carbocycles. The third-order valence-corrected chi connectivity index (χ3v) is 7.77. The van der Waals surface area contributed by atoms with Crippen molar-refractivity contribution in [3.05, 3.63) is 11.1 Å². The van der Waals surface area contributed by atoms with E-state index >= 15 is 0 Å². The second-order valence-corrected chi connectivity index (χ2v) is 10.1. The molecule has 9 heteroatoms. The van der Waals surface area contributed by atoms with Crippen LogP contribution >= 0.6 is 11.3 Å². The van der Waals surface area contributed by atoms with Crippen molar-refractivity contribution in [3.8, 4) is 0 Å². The molecule has 2 atom stereocenters. The highest BCUT2D eigenvalue weighted by molar-refractivity contribution is 7.13. The van der Waals surface area contributed by atoms with Gasteiger partial charge in [0, 0.05) is 24.3 Å². The number of anilines is 1. The van der Waals surface area contributed by atoms with Crippen molar-refractivity contribution in [2.24, 2.45) is 17.3 Å². The van der Waals surface area contributed by atoms with Gasteiger partial charge in [-0.1, -0.05) is 25.7 Å². The standard InChI is InChI=1S/C21H30N4O4S/c1-13-11-30-20(22-13)23-18(27)16-10-21(6-7-21)12-25(16)19(28)15(9-17(26)24-29)8-14-4-2-3-5-14/h11,14-16,29H,2-10,12H2,1H3,(H,24,26)(H,22,23,27)/t15-,16+/m1/s1. The number of hydrogen-bond acceptors (Lipinski definition) is 6. The number of rotatable bonds is 7. The molecule has 1 saturated heterocycles. The second-order valence-electron chi connectivity index (χ2n) is 9.29. The van der Waals surface area contributed by atoms with Gasteiger partial charge in [-0.25, -0.2) is 10.5 Å². The van der Waals surface area contributed by atoms with E-state index in [2.05, 4.69) is 10.3 Å². The number of thiazole rings is 1. The number of hydroxylamine groups is 1. The number of amides is 3. The van der Waals surface area contributed by atoms with E-state index in [4.69, 9.17) is 5.21 Å². The van der Waals surface area contributed by atoms with Crippen molar-refractivity contribution >= 4 is 34.2 Å². The summed E-state index contributed by atoms with van der Waals surface area (Å²) in [5, 5.41) is 14.3. The molecule has 2 heterocycles. The molecule has 3 N–H and O–H groups in total. The van der Waals surface area contributed by atoms with Crippen LogP contribution < -0.4 is 10.8 Å². The van der Waals surface area contributed by atoms with Crippen molar-refractivity contribution in [3.63, 3.8) is 0 Å². The van der Waals surface area contributed by atoms with Crippen LogP contribution in [-0.4, -0.2) is 45.4 Å². The number of likely N-dealkylation sites (tertiary alicyclic amines) is 1. The summed E-state index contributed by atoms with van der Waals surface area (Å²) in [5.74, 6) is -0.969. The quantitative estimate of drug-likeness (QED) is 0.451. The van der Waals surface area contributed by atoms with Gasteiger partial charge in [0.1, 0.15) is 6.04 Å². The third kappa shape index (κ3) is 4.67. The van der Waals surface area contributed by atoms with Crippen LogP contribution in [0.15, 0.2) is 5.38 Å². The van der Waals surface area contributed by atoms with Crippen LogP contribution in [0.4, 0.5) is 5.13 Å². The average molecular weight is 435 g/mol. The van der Waals surface area contributed by atoms with E-state index in [0.717, 1.165) is 44.2 Å². The summed E-state index contributed by atoms with van der Waals surface area (Å²) < 4.78 is 0.